The highest BCUT2D eigenvalue weighted by Crippen LogP contribution is 2.38. The Morgan fingerprint density at radius 3 is 3.06 bits per heavy atom. The van der Waals surface area contributed by atoms with Gasteiger partial charge in [-0.3, -0.25) is 0 Å². The molecule has 0 aromatic carbocycles. The van der Waals surface area contributed by atoms with Gasteiger partial charge in [0.15, 0.2) is 5.82 Å². The van der Waals surface area contributed by atoms with Crippen LogP contribution >= 0.6 is 0 Å². The maximum Gasteiger partial charge on any atom is 0.242 e. The zero-order valence-electron chi connectivity index (χ0n) is 9.73. The first kappa shape index (κ1) is 11.0. The van der Waals surface area contributed by atoms with E-state index in [0.29, 0.717) is 23.4 Å². The van der Waals surface area contributed by atoms with Gasteiger partial charge in [-0.2, -0.15) is 4.98 Å². The fourth-order valence-corrected chi connectivity index (χ4v) is 1.95. The van der Waals surface area contributed by atoms with Crippen LogP contribution in [0.5, 0.6) is 5.88 Å². The topological polar surface area (TPSA) is 73.1 Å². The molecule has 1 heterocycles. The summed E-state index contributed by atoms with van der Waals surface area (Å²) in [6, 6.07) is 0.516. The molecule has 2 unspecified atom stereocenters. The van der Waals surface area contributed by atoms with Crippen molar-refractivity contribution in [3.8, 4) is 5.88 Å². The van der Waals surface area contributed by atoms with Gasteiger partial charge in [-0.25, -0.2) is 4.98 Å². The third kappa shape index (κ3) is 2.18. The minimum atomic E-state index is 0.435. The Bertz CT molecular complexity index is 369. The third-order valence-electron chi connectivity index (χ3n) is 2.94. The fraction of sp³-hybridized carbons (Fsp3) is 0.636. The van der Waals surface area contributed by atoms with Crippen molar-refractivity contribution < 1.29 is 4.74 Å². The van der Waals surface area contributed by atoms with Crippen molar-refractivity contribution in [3.05, 3.63) is 6.33 Å². The minimum Gasteiger partial charge on any atom is -0.479 e. The van der Waals surface area contributed by atoms with E-state index < -0.39 is 0 Å². The predicted molar refractivity (Wildman–Crippen MR) is 63.4 cm³/mol. The summed E-state index contributed by atoms with van der Waals surface area (Å²) in [4.78, 5) is 8.08. The molecule has 0 bridgehead atoms. The first-order chi connectivity index (χ1) is 7.76. The number of hydrogen-bond acceptors (Lipinski definition) is 5. The number of anilines is 2. The normalized spacial score (nSPS) is 22.9. The molecule has 5 heteroatoms. The molecule has 1 aliphatic carbocycles. The van der Waals surface area contributed by atoms with E-state index >= 15 is 0 Å². The summed E-state index contributed by atoms with van der Waals surface area (Å²) in [7, 11) is 1.56. The summed E-state index contributed by atoms with van der Waals surface area (Å²) in [6.07, 6.45) is 5.17. The van der Waals surface area contributed by atoms with Crippen molar-refractivity contribution in [1.82, 2.24) is 9.97 Å². The monoisotopic (exact) mass is 222 g/mol. The molecule has 16 heavy (non-hydrogen) atoms. The number of ether oxygens (including phenoxy) is 1. The SMILES string of the molecule is CCCC1CC1Nc1ncnc(OC)c1N. The van der Waals surface area contributed by atoms with Crippen molar-refractivity contribution in [1.29, 1.82) is 0 Å². The Kier molecular flexibility index (Phi) is 3.12. The molecule has 0 radical (unpaired) electrons. The molecule has 1 fully saturated rings. The summed E-state index contributed by atoms with van der Waals surface area (Å²) in [5.74, 6) is 1.89. The largest absolute Gasteiger partial charge is 0.479 e. The average Bonchev–Trinajstić information content (AvgIpc) is 3.00. The lowest BCUT2D eigenvalue weighted by atomic mass is 10.2. The van der Waals surface area contributed by atoms with E-state index in [-0.39, 0.29) is 0 Å². The molecule has 1 aromatic heterocycles. The molecule has 0 spiro atoms. The summed E-state index contributed by atoms with van der Waals surface area (Å²) >= 11 is 0. The van der Waals surface area contributed by atoms with Gasteiger partial charge in [0.2, 0.25) is 5.88 Å². The van der Waals surface area contributed by atoms with Crippen molar-refractivity contribution in [3.63, 3.8) is 0 Å². The van der Waals surface area contributed by atoms with Gasteiger partial charge in [0.1, 0.15) is 12.0 Å². The lowest BCUT2D eigenvalue weighted by Gasteiger charge is -2.09. The van der Waals surface area contributed by atoms with Crippen molar-refractivity contribution in [2.45, 2.75) is 32.2 Å². The number of methoxy groups -OCH3 is 1. The summed E-state index contributed by atoms with van der Waals surface area (Å²) in [5, 5.41) is 3.34. The van der Waals surface area contributed by atoms with Crippen LogP contribution in [0.4, 0.5) is 11.5 Å². The van der Waals surface area contributed by atoms with Crippen LogP contribution in [-0.4, -0.2) is 23.1 Å². The predicted octanol–water partition coefficient (Wildman–Crippen LogP) is 1.67. The van der Waals surface area contributed by atoms with E-state index in [4.69, 9.17) is 10.5 Å². The van der Waals surface area contributed by atoms with E-state index in [2.05, 4.69) is 22.2 Å². The molecule has 3 N–H and O–H groups in total. The Morgan fingerprint density at radius 2 is 2.38 bits per heavy atom. The Hall–Kier alpha value is -1.52. The molecule has 0 amide bonds. The number of rotatable bonds is 5. The van der Waals surface area contributed by atoms with Crippen LogP contribution in [-0.2, 0) is 0 Å². The zero-order valence-corrected chi connectivity index (χ0v) is 9.73. The third-order valence-corrected chi connectivity index (χ3v) is 2.94. The number of nitrogens with zero attached hydrogens (tertiary/aromatic N) is 2. The van der Waals surface area contributed by atoms with Gasteiger partial charge in [0.25, 0.3) is 0 Å². The van der Waals surface area contributed by atoms with Crippen LogP contribution in [0.25, 0.3) is 0 Å². The number of nitrogens with two attached hydrogens (primary N) is 1. The van der Waals surface area contributed by atoms with E-state index in [1.807, 2.05) is 0 Å². The minimum absolute atomic E-state index is 0.435. The molecule has 1 aliphatic rings. The van der Waals surface area contributed by atoms with Crippen LogP contribution in [0.3, 0.4) is 0 Å². The van der Waals surface area contributed by atoms with Crippen LogP contribution in [0.1, 0.15) is 26.2 Å². The Labute approximate surface area is 95.4 Å². The van der Waals surface area contributed by atoms with Gasteiger partial charge in [-0.1, -0.05) is 13.3 Å². The molecule has 0 saturated heterocycles. The highest BCUT2D eigenvalue weighted by Gasteiger charge is 2.36. The number of nitrogens with one attached hydrogen (secondary N) is 1. The Morgan fingerprint density at radius 1 is 1.56 bits per heavy atom. The molecular weight excluding hydrogens is 204 g/mol. The van der Waals surface area contributed by atoms with Gasteiger partial charge >= 0.3 is 0 Å². The first-order valence-electron chi connectivity index (χ1n) is 5.67. The van der Waals surface area contributed by atoms with Gasteiger partial charge in [-0.05, 0) is 18.8 Å². The van der Waals surface area contributed by atoms with Crippen LogP contribution in [0.2, 0.25) is 0 Å². The second-order valence-electron chi connectivity index (χ2n) is 4.18. The van der Waals surface area contributed by atoms with Crippen LogP contribution in [0, 0.1) is 5.92 Å². The highest BCUT2D eigenvalue weighted by molar-refractivity contribution is 5.67. The summed E-state index contributed by atoms with van der Waals surface area (Å²) in [5.41, 5.74) is 6.37. The summed E-state index contributed by atoms with van der Waals surface area (Å²) in [6.45, 7) is 2.21. The zero-order chi connectivity index (χ0) is 11.5. The van der Waals surface area contributed by atoms with Crippen LogP contribution < -0.4 is 15.8 Å². The van der Waals surface area contributed by atoms with E-state index in [0.717, 1.165) is 5.92 Å². The molecule has 5 nitrogen and oxygen atoms in total. The maximum absolute atomic E-state index is 5.88. The lowest BCUT2D eigenvalue weighted by molar-refractivity contribution is 0.399. The molecule has 88 valence electrons. The van der Waals surface area contributed by atoms with E-state index in [1.165, 1.54) is 25.6 Å². The molecule has 1 saturated carbocycles. The van der Waals surface area contributed by atoms with E-state index in [9.17, 15) is 0 Å². The average molecular weight is 222 g/mol. The molecule has 1 aromatic rings. The number of hydrogen-bond donors (Lipinski definition) is 2. The lowest BCUT2D eigenvalue weighted by Crippen LogP contribution is -2.10. The molecule has 0 aliphatic heterocycles. The van der Waals surface area contributed by atoms with Gasteiger partial charge in [-0.15, -0.1) is 0 Å². The van der Waals surface area contributed by atoms with E-state index in [1.54, 1.807) is 7.11 Å². The second kappa shape index (κ2) is 4.55. The smallest absolute Gasteiger partial charge is 0.242 e. The first-order valence-corrected chi connectivity index (χ1v) is 5.67. The standard InChI is InChI=1S/C11H18N4O/c1-3-4-7-5-8(7)15-10-9(12)11(16-2)14-6-13-10/h6-8H,3-5,12H2,1-2H3,(H,13,14,15). The van der Waals surface area contributed by atoms with Gasteiger partial charge in [0.05, 0.1) is 7.11 Å². The van der Waals surface area contributed by atoms with Crippen molar-refractivity contribution in [2.75, 3.05) is 18.2 Å². The quantitative estimate of drug-likeness (QED) is 0.792. The number of aromatic nitrogens is 2. The molecular formula is C11H18N4O. The second-order valence-corrected chi connectivity index (χ2v) is 4.18. The number of nitrogen functional groups attached to an aromatic ring is 1. The van der Waals surface area contributed by atoms with Crippen molar-refractivity contribution in [2.24, 2.45) is 5.92 Å². The van der Waals surface area contributed by atoms with Gasteiger partial charge in [0, 0.05) is 6.04 Å². The summed E-state index contributed by atoms with van der Waals surface area (Å²) < 4.78 is 5.05. The fourth-order valence-electron chi connectivity index (χ4n) is 1.95. The van der Waals surface area contributed by atoms with Crippen LogP contribution in [0.15, 0.2) is 6.33 Å². The highest BCUT2D eigenvalue weighted by atomic mass is 16.5. The van der Waals surface area contributed by atoms with Crippen molar-refractivity contribution >= 4 is 11.5 Å². The Balaban J connectivity index is 2.00. The molecule has 2 rings (SSSR count). The molecule has 2 atom stereocenters. The van der Waals surface area contributed by atoms with Gasteiger partial charge < -0.3 is 15.8 Å². The maximum atomic E-state index is 5.88.